The zero-order chi connectivity index (χ0) is 17.0. The molecule has 2 N–H and O–H groups in total. The number of hydrogen-bond donors (Lipinski definition) is 1. The lowest BCUT2D eigenvalue weighted by Gasteiger charge is -2.10. The number of hydrogen-bond acceptors (Lipinski definition) is 5. The van der Waals surface area contributed by atoms with Crippen LogP contribution in [-0.4, -0.2) is 25.5 Å². The first-order chi connectivity index (χ1) is 10.9. The third kappa shape index (κ3) is 4.15. The largest absolute Gasteiger partial charge is 0.496 e. The summed E-state index contributed by atoms with van der Waals surface area (Å²) in [7, 11) is 1.39. The highest BCUT2D eigenvalue weighted by molar-refractivity contribution is 6.33. The van der Waals surface area contributed by atoms with Crippen molar-refractivity contribution in [2.45, 2.75) is 0 Å². The van der Waals surface area contributed by atoms with Crippen molar-refractivity contribution in [3.63, 3.8) is 0 Å². The smallest absolute Gasteiger partial charge is 0.342 e. The van der Waals surface area contributed by atoms with Crippen LogP contribution in [0.3, 0.4) is 0 Å². The number of esters is 1. The molecule has 0 aliphatic carbocycles. The van der Waals surface area contributed by atoms with Crippen LogP contribution in [0, 0.1) is 0 Å². The zero-order valence-electron chi connectivity index (χ0n) is 12.1. The molecule has 0 aliphatic rings. The Balaban J connectivity index is 2.09. The van der Waals surface area contributed by atoms with Crippen LogP contribution in [0.15, 0.2) is 36.4 Å². The summed E-state index contributed by atoms with van der Waals surface area (Å²) in [5.74, 6) is -0.863. The summed E-state index contributed by atoms with van der Waals surface area (Å²) in [5, 5.41) is 0.710. The van der Waals surface area contributed by atoms with Crippen LogP contribution in [0.4, 0.5) is 5.69 Å². The second-order valence-corrected chi connectivity index (χ2v) is 5.42. The first kappa shape index (κ1) is 17.1. The summed E-state index contributed by atoms with van der Waals surface area (Å²) in [6, 6.07) is 9.03. The van der Waals surface area contributed by atoms with Crippen molar-refractivity contribution in [3.05, 3.63) is 57.6 Å². The standard InChI is InChI=1S/C16H13Cl2NO4/c1-22-15-7-13(19)12(18)6-11(15)16(21)23-8-14(20)9-2-4-10(17)5-3-9/h2-7H,8,19H2,1H3. The topological polar surface area (TPSA) is 78.6 Å². The highest BCUT2D eigenvalue weighted by atomic mass is 35.5. The fourth-order valence-corrected chi connectivity index (χ4v) is 2.12. The second kappa shape index (κ2) is 7.35. The molecule has 0 radical (unpaired) electrons. The Morgan fingerprint density at radius 3 is 2.39 bits per heavy atom. The summed E-state index contributed by atoms with van der Waals surface area (Å²) in [4.78, 5) is 24.1. The molecular weight excluding hydrogens is 341 g/mol. The summed E-state index contributed by atoms with van der Waals surface area (Å²) in [6.07, 6.45) is 0. The molecule has 0 aromatic heterocycles. The van der Waals surface area contributed by atoms with E-state index in [0.717, 1.165) is 0 Å². The van der Waals surface area contributed by atoms with Crippen LogP contribution >= 0.6 is 23.2 Å². The highest BCUT2D eigenvalue weighted by Crippen LogP contribution is 2.29. The first-order valence-corrected chi connectivity index (χ1v) is 7.27. The normalized spacial score (nSPS) is 10.2. The quantitative estimate of drug-likeness (QED) is 0.504. The molecular formula is C16H13Cl2NO4. The molecule has 0 unspecified atom stereocenters. The van der Waals surface area contributed by atoms with E-state index in [1.807, 2.05) is 0 Å². The van der Waals surface area contributed by atoms with Gasteiger partial charge in [0.1, 0.15) is 11.3 Å². The van der Waals surface area contributed by atoms with Crippen molar-refractivity contribution < 1.29 is 19.1 Å². The number of carbonyl (C=O) groups is 2. The number of methoxy groups -OCH3 is 1. The lowest BCUT2D eigenvalue weighted by atomic mass is 10.1. The molecule has 0 atom stereocenters. The molecule has 2 rings (SSSR count). The Kier molecular flexibility index (Phi) is 5.47. The number of rotatable bonds is 5. The number of anilines is 1. The maximum absolute atomic E-state index is 12.1. The molecule has 0 bridgehead atoms. The SMILES string of the molecule is COc1cc(N)c(Cl)cc1C(=O)OCC(=O)c1ccc(Cl)cc1. The van der Waals surface area contributed by atoms with E-state index in [4.69, 9.17) is 38.4 Å². The van der Waals surface area contributed by atoms with Crippen LogP contribution < -0.4 is 10.5 Å². The van der Waals surface area contributed by atoms with Gasteiger partial charge in [-0.15, -0.1) is 0 Å². The van der Waals surface area contributed by atoms with Gasteiger partial charge in [-0.3, -0.25) is 4.79 Å². The zero-order valence-corrected chi connectivity index (χ0v) is 13.6. The minimum Gasteiger partial charge on any atom is -0.496 e. The number of ether oxygens (including phenoxy) is 2. The van der Waals surface area contributed by atoms with Gasteiger partial charge in [-0.2, -0.15) is 0 Å². The lowest BCUT2D eigenvalue weighted by molar-refractivity contribution is 0.0471. The molecule has 0 heterocycles. The average Bonchev–Trinajstić information content (AvgIpc) is 2.55. The van der Waals surface area contributed by atoms with Gasteiger partial charge in [0.15, 0.2) is 12.4 Å². The molecule has 2 aromatic rings. The molecule has 0 amide bonds. The van der Waals surface area contributed by atoms with Crippen molar-refractivity contribution in [2.75, 3.05) is 19.5 Å². The fraction of sp³-hybridized carbons (Fsp3) is 0.125. The molecule has 2 aromatic carbocycles. The third-order valence-corrected chi connectivity index (χ3v) is 3.62. The fourth-order valence-electron chi connectivity index (χ4n) is 1.83. The molecule has 0 aliphatic heterocycles. The van der Waals surface area contributed by atoms with Gasteiger partial charge in [0.2, 0.25) is 0 Å². The summed E-state index contributed by atoms with van der Waals surface area (Å²) in [6.45, 7) is -0.411. The molecule has 0 saturated carbocycles. The number of ketones is 1. The molecule has 7 heteroatoms. The summed E-state index contributed by atoms with van der Waals surface area (Å²) < 4.78 is 10.1. The second-order valence-electron chi connectivity index (χ2n) is 4.58. The van der Waals surface area contributed by atoms with Crippen LogP contribution in [-0.2, 0) is 4.74 Å². The van der Waals surface area contributed by atoms with E-state index in [1.165, 1.54) is 19.2 Å². The van der Waals surface area contributed by atoms with Crippen molar-refractivity contribution >= 4 is 40.6 Å². The molecule has 5 nitrogen and oxygen atoms in total. The van der Waals surface area contributed by atoms with Crippen molar-refractivity contribution in [1.29, 1.82) is 0 Å². The first-order valence-electron chi connectivity index (χ1n) is 6.51. The Hall–Kier alpha value is -2.24. The van der Waals surface area contributed by atoms with Crippen LogP contribution in [0.25, 0.3) is 0 Å². The van der Waals surface area contributed by atoms with Gasteiger partial charge in [0.25, 0.3) is 0 Å². The van der Waals surface area contributed by atoms with Gasteiger partial charge in [0.05, 0.1) is 17.8 Å². The van der Waals surface area contributed by atoms with Gasteiger partial charge in [-0.1, -0.05) is 23.2 Å². The Labute approximate surface area is 142 Å². The number of benzene rings is 2. The number of nitrogen functional groups attached to an aromatic ring is 1. The van der Waals surface area contributed by atoms with E-state index in [9.17, 15) is 9.59 Å². The van der Waals surface area contributed by atoms with Gasteiger partial charge in [-0.05, 0) is 30.3 Å². The number of Topliss-reactive ketones (excluding diaryl/α,β-unsaturated/α-hetero) is 1. The number of carbonyl (C=O) groups excluding carboxylic acids is 2. The summed E-state index contributed by atoms with van der Waals surface area (Å²) in [5.41, 5.74) is 6.41. The van der Waals surface area contributed by atoms with Gasteiger partial charge >= 0.3 is 5.97 Å². The van der Waals surface area contributed by atoms with Crippen molar-refractivity contribution in [3.8, 4) is 5.75 Å². The summed E-state index contributed by atoms with van der Waals surface area (Å²) >= 11 is 11.6. The van der Waals surface area contributed by atoms with Gasteiger partial charge < -0.3 is 15.2 Å². The molecule has 0 saturated heterocycles. The third-order valence-electron chi connectivity index (χ3n) is 3.04. The highest BCUT2D eigenvalue weighted by Gasteiger charge is 2.18. The molecule has 120 valence electrons. The minimum atomic E-state index is -0.730. The predicted molar refractivity (Wildman–Crippen MR) is 88.5 cm³/mol. The minimum absolute atomic E-state index is 0.0932. The Morgan fingerprint density at radius 2 is 1.78 bits per heavy atom. The van der Waals surface area contributed by atoms with Crippen LogP contribution in [0.5, 0.6) is 5.75 Å². The van der Waals surface area contributed by atoms with E-state index in [1.54, 1.807) is 24.3 Å². The number of halogens is 2. The van der Waals surface area contributed by atoms with Gasteiger partial charge in [-0.25, -0.2) is 4.79 Å². The molecule has 23 heavy (non-hydrogen) atoms. The monoisotopic (exact) mass is 353 g/mol. The molecule has 0 fully saturated rings. The Bertz CT molecular complexity index is 744. The lowest BCUT2D eigenvalue weighted by Crippen LogP contribution is -2.15. The van der Waals surface area contributed by atoms with E-state index < -0.39 is 12.6 Å². The maximum Gasteiger partial charge on any atom is 0.342 e. The molecule has 0 spiro atoms. The van der Waals surface area contributed by atoms with E-state index in [-0.39, 0.29) is 27.8 Å². The number of nitrogens with two attached hydrogens (primary N) is 1. The van der Waals surface area contributed by atoms with E-state index in [0.29, 0.717) is 10.6 Å². The van der Waals surface area contributed by atoms with E-state index >= 15 is 0 Å². The maximum atomic E-state index is 12.1. The van der Waals surface area contributed by atoms with Gasteiger partial charge in [0, 0.05) is 16.7 Å². The van der Waals surface area contributed by atoms with Crippen LogP contribution in [0.2, 0.25) is 10.0 Å². The van der Waals surface area contributed by atoms with Crippen molar-refractivity contribution in [2.24, 2.45) is 0 Å². The predicted octanol–water partition coefficient (Wildman–Crippen LogP) is 3.62. The average molecular weight is 354 g/mol. The Morgan fingerprint density at radius 1 is 1.13 bits per heavy atom. The van der Waals surface area contributed by atoms with E-state index in [2.05, 4.69) is 0 Å². The van der Waals surface area contributed by atoms with Crippen LogP contribution in [0.1, 0.15) is 20.7 Å². The van der Waals surface area contributed by atoms with Crippen molar-refractivity contribution in [1.82, 2.24) is 0 Å².